The molecule has 0 aliphatic heterocycles. The molecule has 2 rings (SSSR count). The van der Waals surface area contributed by atoms with Gasteiger partial charge in [-0.25, -0.2) is 0 Å². The van der Waals surface area contributed by atoms with Gasteiger partial charge in [-0.15, -0.1) is 0 Å². The third-order valence-corrected chi connectivity index (χ3v) is 3.96. The maximum absolute atomic E-state index is 12.4. The topological polar surface area (TPSA) is 56.8 Å². The summed E-state index contributed by atoms with van der Waals surface area (Å²) < 4.78 is 16.7. The summed E-state index contributed by atoms with van der Waals surface area (Å²) in [4.78, 5) is 12.4. The van der Waals surface area contributed by atoms with Crippen molar-refractivity contribution in [1.29, 1.82) is 0 Å². The summed E-state index contributed by atoms with van der Waals surface area (Å²) in [5.74, 6) is 1.66. The van der Waals surface area contributed by atoms with Gasteiger partial charge in [-0.2, -0.15) is 0 Å². The standard InChI is InChI=1S/C18H20BrNO4/c1-4-24-17-15(19)9-13(10-16(17)23-3)18(21)20-11-12-6-5-7-14(8-12)22-2/h5-10H,4,11H2,1-3H3,(H,20,21). The quantitative estimate of drug-likeness (QED) is 0.777. The molecule has 0 aliphatic carbocycles. The largest absolute Gasteiger partial charge is 0.497 e. The Morgan fingerprint density at radius 3 is 2.62 bits per heavy atom. The number of ether oxygens (including phenoxy) is 3. The van der Waals surface area contributed by atoms with E-state index in [-0.39, 0.29) is 5.91 Å². The molecule has 0 spiro atoms. The highest BCUT2D eigenvalue weighted by atomic mass is 79.9. The maximum atomic E-state index is 12.4. The highest BCUT2D eigenvalue weighted by Gasteiger charge is 2.15. The van der Waals surface area contributed by atoms with Gasteiger partial charge in [0.15, 0.2) is 11.5 Å². The molecule has 0 radical (unpaired) electrons. The predicted octanol–water partition coefficient (Wildman–Crippen LogP) is 3.80. The van der Waals surface area contributed by atoms with Crippen molar-refractivity contribution in [2.24, 2.45) is 0 Å². The average molecular weight is 394 g/mol. The Hall–Kier alpha value is -2.21. The van der Waals surface area contributed by atoms with E-state index in [1.54, 1.807) is 26.4 Å². The molecule has 5 nitrogen and oxygen atoms in total. The van der Waals surface area contributed by atoms with Crippen LogP contribution < -0.4 is 19.5 Å². The highest BCUT2D eigenvalue weighted by molar-refractivity contribution is 9.10. The van der Waals surface area contributed by atoms with Crippen molar-refractivity contribution in [3.05, 3.63) is 52.0 Å². The van der Waals surface area contributed by atoms with Crippen LogP contribution in [-0.4, -0.2) is 26.7 Å². The molecule has 0 saturated heterocycles. The minimum atomic E-state index is -0.195. The van der Waals surface area contributed by atoms with E-state index in [1.807, 2.05) is 31.2 Å². The molecule has 0 saturated carbocycles. The lowest BCUT2D eigenvalue weighted by molar-refractivity contribution is 0.0950. The number of methoxy groups -OCH3 is 2. The summed E-state index contributed by atoms with van der Waals surface area (Å²) in [5, 5.41) is 2.88. The van der Waals surface area contributed by atoms with Gasteiger partial charge in [0.05, 0.1) is 25.3 Å². The third kappa shape index (κ3) is 4.41. The zero-order valence-electron chi connectivity index (χ0n) is 13.9. The van der Waals surface area contributed by atoms with E-state index in [4.69, 9.17) is 14.2 Å². The van der Waals surface area contributed by atoms with Crippen LogP contribution in [0.15, 0.2) is 40.9 Å². The second-order valence-electron chi connectivity index (χ2n) is 4.96. The van der Waals surface area contributed by atoms with Gasteiger partial charge in [0.1, 0.15) is 5.75 Å². The Labute approximate surface area is 150 Å². The first-order valence-corrected chi connectivity index (χ1v) is 8.29. The van der Waals surface area contributed by atoms with Crippen molar-refractivity contribution in [3.8, 4) is 17.2 Å². The number of benzene rings is 2. The van der Waals surface area contributed by atoms with E-state index in [2.05, 4.69) is 21.2 Å². The van der Waals surface area contributed by atoms with Crippen molar-refractivity contribution in [2.45, 2.75) is 13.5 Å². The number of nitrogens with one attached hydrogen (secondary N) is 1. The summed E-state index contributed by atoms with van der Waals surface area (Å²) in [7, 11) is 3.16. The van der Waals surface area contributed by atoms with Gasteiger partial charge in [-0.1, -0.05) is 12.1 Å². The fourth-order valence-corrected chi connectivity index (χ4v) is 2.76. The SMILES string of the molecule is CCOc1c(Br)cc(C(=O)NCc2cccc(OC)c2)cc1OC. The summed E-state index contributed by atoms with van der Waals surface area (Å²) in [6.07, 6.45) is 0. The fraction of sp³-hybridized carbons (Fsp3) is 0.278. The van der Waals surface area contributed by atoms with Crippen LogP contribution in [0, 0.1) is 0 Å². The smallest absolute Gasteiger partial charge is 0.251 e. The van der Waals surface area contributed by atoms with Gasteiger partial charge >= 0.3 is 0 Å². The van der Waals surface area contributed by atoms with Gasteiger partial charge in [0.25, 0.3) is 5.91 Å². The molecular formula is C18H20BrNO4. The second-order valence-corrected chi connectivity index (χ2v) is 5.81. The van der Waals surface area contributed by atoms with Gasteiger partial charge in [0.2, 0.25) is 0 Å². The number of carbonyl (C=O) groups excluding carboxylic acids is 1. The lowest BCUT2D eigenvalue weighted by Crippen LogP contribution is -2.23. The van der Waals surface area contributed by atoms with Crippen LogP contribution in [0.3, 0.4) is 0 Å². The van der Waals surface area contributed by atoms with Crippen LogP contribution in [0.5, 0.6) is 17.2 Å². The molecule has 2 aromatic rings. The van der Waals surface area contributed by atoms with Crippen LogP contribution >= 0.6 is 15.9 Å². The van der Waals surface area contributed by atoms with Crippen molar-refractivity contribution in [3.63, 3.8) is 0 Å². The Morgan fingerprint density at radius 2 is 1.96 bits per heavy atom. The van der Waals surface area contributed by atoms with Crippen LogP contribution in [0.2, 0.25) is 0 Å². The van der Waals surface area contributed by atoms with Crippen molar-refractivity contribution in [2.75, 3.05) is 20.8 Å². The minimum Gasteiger partial charge on any atom is -0.497 e. The van der Waals surface area contributed by atoms with Gasteiger partial charge in [-0.05, 0) is 52.7 Å². The van der Waals surface area contributed by atoms with E-state index in [9.17, 15) is 4.79 Å². The lowest BCUT2D eigenvalue weighted by Gasteiger charge is -2.13. The maximum Gasteiger partial charge on any atom is 0.251 e. The van der Waals surface area contributed by atoms with Crippen molar-refractivity contribution in [1.82, 2.24) is 5.32 Å². The molecule has 1 N–H and O–H groups in total. The van der Waals surface area contributed by atoms with Gasteiger partial charge < -0.3 is 19.5 Å². The first-order valence-electron chi connectivity index (χ1n) is 7.50. The fourth-order valence-electron chi connectivity index (χ4n) is 2.20. The van der Waals surface area contributed by atoms with E-state index in [0.717, 1.165) is 11.3 Å². The molecule has 0 aromatic heterocycles. The molecular weight excluding hydrogens is 374 g/mol. The number of carbonyl (C=O) groups is 1. The highest BCUT2D eigenvalue weighted by Crippen LogP contribution is 2.36. The van der Waals surface area contributed by atoms with Gasteiger partial charge in [-0.3, -0.25) is 4.79 Å². The Kier molecular flexibility index (Phi) is 6.49. The summed E-state index contributed by atoms with van der Waals surface area (Å²) in [6.45, 7) is 2.81. The molecule has 24 heavy (non-hydrogen) atoms. The molecule has 0 heterocycles. The first-order chi connectivity index (χ1) is 11.6. The van der Waals surface area contributed by atoms with Crippen LogP contribution in [0.4, 0.5) is 0 Å². The third-order valence-electron chi connectivity index (χ3n) is 3.37. The average Bonchev–Trinajstić information content (AvgIpc) is 2.61. The molecule has 128 valence electrons. The number of rotatable bonds is 7. The molecule has 0 atom stereocenters. The van der Waals surface area contributed by atoms with E-state index < -0.39 is 0 Å². The number of hydrogen-bond donors (Lipinski definition) is 1. The number of hydrogen-bond acceptors (Lipinski definition) is 4. The normalized spacial score (nSPS) is 10.2. The molecule has 0 fully saturated rings. The van der Waals surface area contributed by atoms with Crippen molar-refractivity contribution < 1.29 is 19.0 Å². The Bertz CT molecular complexity index is 718. The van der Waals surface area contributed by atoms with E-state index in [0.29, 0.717) is 34.7 Å². The van der Waals surface area contributed by atoms with Crippen molar-refractivity contribution >= 4 is 21.8 Å². The molecule has 0 bridgehead atoms. The van der Waals surface area contributed by atoms with Crippen LogP contribution in [0.1, 0.15) is 22.8 Å². The molecule has 2 aromatic carbocycles. The number of amides is 1. The molecule has 0 aliphatic rings. The number of halogens is 1. The Balaban J connectivity index is 2.13. The summed E-state index contributed by atoms with van der Waals surface area (Å²) >= 11 is 3.42. The zero-order chi connectivity index (χ0) is 17.5. The first kappa shape index (κ1) is 18.1. The summed E-state index contributed by atoms with van der Waals surface area (Å²) in [6, 6.07) is 10.9. The minimum absolute atomic E-state index is 0.195. The van der Waals surface area contributed by atoms with Crippen LogP contribution in [-0.2, 0) is 6.54 Å². The predicted molar refractivity (Wildman–Crippen MR) is 96.0 cm³/mol. The monoisotopic (exact) mass is 393 g/mol. The molecule has 6 heteroatoms. The Morgan fingerprint density at radius 1 is 1.17 bits per heavy atom. The lowest BCUT2D eigenvalue weighted by atomic mass is 10.1. The van der Waals surface area contributed by atoms with Crippen LogP contribution in [0.25, 0.3) is 0 Å². The second kappa shape index (κ2) is 8.59. The molecule has 1 amide bonds. The molecule has 0 unspecified atom stereocenters. The summed E-state index contributed by atoms with van der Waals surface area (Å²) in [5.41, 5.74) is 1.45. The van der Waals surface area contributed by atoms with E-state index in [1.165, 1.54) is 0 Å². The van der Waals surface area contributed by atoms with Gasteiger partial charge in [0, 0.05) is 12.1 Å². The van der Waals surface area contributed by atoms with E-state index >= 15 is 0 Å². The zero-order valence-corrected chi connectivity index (χ0v) is 15.5.